The van der Waals surface area contributed by atoms with Crippen molar-refractivity contribution in [3.8, 4) is 11.3 Å². The predicted octanol–water partition coefficient (Wildman–Crippen LogP) is 1.90. The number of hydrogen-bond acceptors (Lipinski definition) is 7. The Balaban J connectivity index is 1.58. The highest BCUT2D eigenvalue weighted by Crippen LogP contribution is 2.43. The molecule has 0 radical (unpaired) electrons. The Morgan fingerprint density at radius 2 is 1.85 bits per heavy atom. The van der Waals surface area contributed by atoms with Gasteiger partial charge in [0.05, 0.1) is 12.9 Å². The highest BCUT2D eigenvalue weighted by atomic mass is 16.8. The van der Waals surface area contributed by atoms with Crippen LogP contribution in [0.2, 0.25) is 0 Å². The number of hydrogen-bond donors (Lipinski definition) is 1. The van der Waals surface area contributed by atoms with E-state index < -0.39 is 18.1 Å². The van der Waals surface area contributed by atoms with Gasteiger partial charge in [0, 0.05) is 5.56 Å². The van der Waals surface area contributed by atoms with Crippen molar-refractivity contribution >= 4 is 11.2 Å². The standard InChI is InChI=1S/C19H20N4O4/c1-19(2)26-15-12(8-24)25-18(16(15)27-19)23-10-22-14-13(20-9-21-17(14)23)11-6-4-3-5-7-11/h3-7,9-10,12,15-16,18,24H,8H2,1-2H3/t12-,15-,16-,18-/m1/s1. The largest absolute Gasteiger partial charge is 0.394 e. The van der Waals surface area contributed by atoms with E-state index in [1.54, 1.807) is 6.33 Å². The lowest BCUT2D eigenvalue weighted by Crippen LogP contribution is -2.31. The fraction of sp³-hybridized carbons (Fsp3) is 0.421. The Kier molecular flexibility index (Phi) is 3.76. The van der Waals surface area contributed by atoms with Gasteiger partial charge in [-0.05, 0) is 13.8 Å². The zero-order chi connectivity index (χ0) is 18.6. The molecule has 0 saturated carbocycles. The van der Waals surface area contributed by atoms with Gasteiger partial charge in [-0.15, -0.1) is 0 Å². The van der Waals surface area contributed by atoms with Crippen LogP contribution in [0.3, 0.4) is 0 Å². The Morgan fingerprint density at radius 3 is 2.63 bits per heavy atom. The fourth-order valence-corrected chi connectivity index (χ4v) is 3.88. The number of nitrogens with zero attached hydrogens (tertiary/aromatic N) is 4. The molecule has 0 unspecified atom stereocenters. The van der Waals surface area contributed by atoms with Crippen LogP contribution in [0, 0.1) is 0 Å². The highest BCUT2D eigenvalue weighted by Gasteiger charge is 2.55. The van der Waals surface area contributed by atoms with Gasteiger partial charge in [-0.2, -0.15) is 0 Å². The molecule has 5 rings (SSSR count). The maximum atomic E-state index is 9.69. The third kappa shape index (κ3) is 2.64. The summed E-state index contributed by atoms with van der Waals surface area (Å²) >= 11 is 0. The number of rotatable bonds is 3. The molecule has 2 saturated heterocycles. The number of aliphatic hydroxyl groups excluding tert-OH is 1. The monoisotopic (exact) mass is 368 g/mol. The Labute approximate surface area is 155 Å². The van der Waals surface area contributed by atoms with Crippen molar-refractivity contribution in [2.24, 2.45) is 0 Å². The van der Waals surface area contributed by atoms with Crippen molar-refractivity contribution < 1.29 is 19.3 Å². The van der Waals surface area contributed by atoms with Crippen LogP contribution in [0.1, 0.15) is 20.1 Å². The minimum absolute atomic E-state index is 0.145. The second-order valence-electron chi connectivity index (χ2n) is 7.22. The molecule has 1 aromatic carbocycles. The van der Waals surface area contributed by atoms with Crippen LogP contribution in [-0.2, 0) is 14.2 Å². The SMILES string of the molecule is CC1(C)O[C@@H]2[C@H](O1)[C@@H](CO)O[C@H]2n1cnc2c(-c3ccccc3)ncnc21. The van der Waals surface area contributed by atoms with Gasteiger partial charge >= 0.3 is 0 Å². The number of ether oxygens (including phenoxy) is 3. The lowest BCUT2D eigenvalue weighted by atomic mass is 10.1. The molecule has 140 valence electrons. The van der Waals surface area contributed by atoms with Crippen molar-refractivity contribution in [3.63, 3.8) is 0 Å². The molecule has 0 aliphatic carbocycles. The molecule has 2 aliphatic rings. The van der Waals surface area contributed by atoms with Gasteiger partial charge in [0.1, 0.15) is 35.8 Å². The molecule has 4 heterocycles. The van der Waals surface area contributed by atoms with Gasteiger partial charge in [-0.25, -0.2) is 15.0 Å². The molecule has 0 spiro atoms. The molecule has 8 nitrogen and oxygen atoms in total. The average molecular weight is 368 g/mol. The smallest absolute Gasteiger partial charge is 0.166 e. The van der Waals surface area contributed by atoms with Gasteiger partial charge in [0.25, 0.3) is 0 Å². The van der Waals surface area contributed by atoms with E-state index in [1.165, 1.54) is 6.33 Å². The molecule has 2 fully saturated rings. The molecule has 8 heteroatoms. The number of aliphatic hydroxyl groups is 1. The maximum Gasteiger partial charge on any atom is 0.166 e. The number of aromatic nitrogens is 4. The highest BCUT2D eigenvalue weighted by molar-refractivity contribution is 5.87. The van der Waals surface area contributed by atoms with Gasteiger partial charge in [-0.1, -0.05) is 30.3 Å². The molecular formula is C19H20N4O4. The second-order valence-corrected chi connectivity index (χ2v) is 7.22. The van der Waals surface area contributed by atoms with E-state index >= 15 is 0 Å². The summed E-state index contributed by atoms with van der Waals surface area (Å²) in [4.78, 5) is 13.4. The van der Waals surface area contributed by atoms with Crippen LogP contribution in [0.25, 0.3) is 22.4 Å². The molecule has 2 aliphatic heterocycles. The summed E-state index contributed by atoms with van der Waals surface area (Å²) in [5.41, 5.74) is 3.07. The first kappa shape index (κ1) is 16.8. The van der Waals surface area contributed by atoms with Crippen LogP contribution in [0.4, 0.5) is 0 Å². The summed E-state index contributed by atoms with van der Waals surface area (Å²) in [5.74, 6) is -0.731. The van der Waals surface area contributed by atoms with E-state index in [9.17, 15) is 5.11 Å². The summed E-state index contributed by atoms with van der Waals surface area (Å²) in [6.45, 7) is 3.57. The van der Waals surface area contributed by atoms with Gasteiger partial charge in [-0.3, -0.25) is 4.57 Å². The molecule has 3 aromatic rings. The van der Waals surface area contributed by atoms with E-state index in [-0.39, 0.29) is 18.8 Å². The first-order chi connectivity index (χ1) is 13.1. The van der Waals surface area contributed by atoms with Crippen molar-refractivity contribution in [2.45, 2.75) is 44.2 Å². The van der Waals surface area contributed by atoms with Crippen molar-refractivity contribution in [1.82, 2.24) is 19.5 Å². The molecule has 0 amide bonds. The average Bonchev–Trinajstić information content (AvgIpc) is 3.32. The molecular weight excluding hydrogens is 348 g/mol. The van der Waals surface area contributed by atoms with E-state index in [4.69, 9.17) is 14.2 Å². The number of benzene rings is 1. The third-order valence-electron chi connectivity index (χ3n) is 4.99. The molecule has 2 aromatic heterocycles. The van der Waals surface area contributed by atoms with Gasteiger partial charge in [0.2, 0.25) is 0 Å². The Morgan fingerprint density at radius 1 is 1.07 bits per heavy atom. The quantitative estimate of drug-likeness (QED) is 0.755. The Bertz CT molecular complexity index is 974. The summed E-state index contributed by atoms with van der Waals surface area (Å²) in [7, 11) is 0. The van der Waals surface area contributed by atoms with Crippen molar-refractivity contribution in [1.29, 1.82) is 0 Å². The number of imidazole rings is 1. The molecule has 4 atom stereocenters. The van der Waals surface area contributed by atoms with Gasteiger partial charge in [0.15, 0.2) is 17.7 Å². The van der Waals surface area contributed by atoms with Crippen LogP contribution < -0.4 is 0 Å². The molecule has 1 N–H and O–H groups in total. The molecule has 0 bridgehead atoms. The summed E-state index contributed by atoms with van der Waals surface area (Å²) in [6.07, 6.45) is 1.55. The second kappa shape index (κ2) is 6.07. The third-order valence-corrected chi connectivity index (χ3v) is 4.99. The van der Waals surface area contributed by atoms with E-state index in [2.05, 4.69) is 15.0 Å². The van der Waals surface area contributed by atoms with Crippen LogP contribution >= 0.6 is 0 Å². The lowest BCUT2D eigenvalue weighted by molar-refractivity contribution is -0.199. The predicted molar refractivity (Wildman–Crippen MR) is 95.6 cm³/mol. The first-order valence-corrected chi connectivity index (χ1v) is 8.92. The minimum atomic E-state index is -0.731. The minimum Gasteiger partial charge on any atom is -0.394 e. The summed E-state index contributed by atoms with van der Waals surface area (Å²) in [5, 5.41) is 9.69. The Hall–Kier alpha value is -2.39. The normalized spacial score (nSPS) is 29.3. The van der Waals surface area contributed by atoms with Crippen molar-refractivity contribution in [3.05, 3.63) is 43.0 Å². The van der Waals surface area contributed by atoms with Crippen LogP contribution in [0.5, 0.6) is 0 Å². The molecule has 27 heavy (non-hydrogen) atoms. The van der Waals surface area contributed by atoms with E-state index in [0.717, 1.165) is 11.3 Å². The number of fused-ring (bicyclic) bond motifs is 2. The fourth-order valence-electron chi connectivity index (χ4n) is 3.88. The summed E-state index contributed by atoms with van der Waals surface area (Å²) < 4.78 is 19.9. The van der Waals surface area contributed by atoms with Crippen molar-refractivity contribution in [2.75, 3.05) is 6.61 Å². The van der Waals surface area contributed by atoms with E-state index in [0.29, 0.717) is 11.2 Å². The summed E-state index contributed by atoms with van der Waals surface area (Å²) in [6, 6.07) is 9.86. The first-order valence-electron chi connectivity index (χ1n) is 8.92. The zero-order valence-electron chi connectivity index (χ0n) is 15.0. The zero-order valence-corrected chi connectivity index (χ0v) is 15.0. The topological polar surface area (TPSA) is 91.5 Å². The van der Waals surface area contributed by atoms with Gasteiger partial charge < -0.3 is 19.3 Å². The van der Waals surface area contributed by atoms with Crippen LogP contribution in [0.15, 0.2) is 43.0 Å². The maximum absolute atomic E-state index is 9.69. The van der Waals surface area contributed by atoms with E-state index in [1.807, 2.05) is 48.7 Å². The van der Waals surface area contributed by atoms with Crippen LogP contribution in [-0.4, -0.2) is 55.3 Å². The lowest BCUT2D eigenvalue weighted by Gasteiger charge is -2.24.